The van der Waals surface area contributed by atoms with Gasteiger partial charge in [-0.15, -0.1) is 0 Å². The van der Waals surface area contributed by atoms with Crippen molar-refractivity contribution < 1.29 is 27.9 Å². The van der Waals surface area contributed by atoms with Gasteiger partial charge in [0.1, 0.15) is 22.9 Å². The van der Waals surface area contributed by atoms with Gasteiger partial charge in [0.15, 0.2) is 0 Å². The number of carbonyl (C=O) groups is 2. The number of fused-ring (bicyclic) bond motifs is 1. The first-order chi connectivity index (χ1) is 22.3. The summed E-state index contributed by atoms with van der Waals surface area (Å²) in [4.78, 5) is 31.7. The zero-order valence-corrected chi connectivity index (χ0v) is 25.7. The molecule has 0 bridgehead atoms. The lowest BCUT2D eigenvalue weighted by atomic mass is 9.94. The Kier molecular flexibility index (Phi) is 7.78. The average Bonchev–Trinajstić information content (AvgIpc) is 3.48. The zero-order valence-electron chi connectivity index (χ0n) is 25.7. The van der Waals surface area contributed by atoms with Crippen molar-refractivity contribution in [1.82, 2.24) is 15.6 Å². The summed E-state index contributed by atoms with van der Waals surface area (Å²) < 4.78 is 31.7. The maximum absolute atomic E-state index is 14.0. The Labute approximate surface area is 265 Å². The summed E-state index contributed by atoms with van der Waals surface area (Å²) in [5.41, 5.74) is 4.74. The molecule has 5 aromatic rings. The molecule has 2 N–H and O–H groups in total. The number of nitrogens with zero attached hydrogens (tertiary/aromatic N) is 1. The highest BCUT2D eigenvalue weighted by Crippen LogP contribution is 2.45. The number of nitrogens with one attached hydrogen (secondary N) is 2. The number of ether oxygens (including phenoxy) is 2. The van der Waals surface area contributed by atoms with E-state index in [0.717, 1.165) is 41.6 Å². The van der Waals surface area contributed by atoms with Crippen LogP contribution in [0.2, 0.25) is 0 Å². The van der Waals surface area contributed by atoms with Crippen molar-refractivity contribution in [1.29, 1.82) is 0 Å². The van der Waals surface area contributed by atoms with E-state index in [-0.39, 0.29) is 23.5 Å². The summed E-state index contributed by atoms with van der Waals surface area (Å²) in [6.45, 7) is 3.78. The number of rotatable bonds is 9. The number of furan rings is 1. The van der Waals surface area contributed by atoms with Crippen LogP contribution in [0.3, 0.4) is 0 Å². The molecule has 8 nitrogen and oxygen atoms in total. The molecular formula is C37H34FN3O5. The minimum Gasteiger partial charge on any atom is -0.492 e. The van der Waals surface area contributed by atoms with Crippen LogP contribution in [0.1, 0.15) is 51.2 Å². The standard InChI is InChI=1S/C37H34FN3O5/c1-22-17-31(45-21-23-12-16-44-20-23)29(35(42)41-37(13-14-37)32-5-3-4-15-40-32)19-27(22)25-8-11-30-28(18-25)33(36(43)39-2)34(46-30)24-6-9-26(38)10-7-24/h3-11,15,17-19,23H,12-14,16,20-21H2,1-2H3,(H,39,43)(H,41,42). The lowest BCUT2D eigenvalue weighted by Crippen LogP contribution is -2.35. The number of hydrogen-bond donors (Lipinski definition) is 2. The molecule has 2 fully saturated rings. The summed E-state index contributed by atoms with van der Waals surface area (Å²) in [5.74, 6) is 0.187. The highest BCUT2D eigenvalue weighted by atomic mass is 19.1. The highest BCUT2D eigenvalue weighted by molar-refractivity contribution is 6.12. The Hall–Kier alpha value is -5.02. The van der Waals surface area contributed by atoms with Gasteiger partial charge in [-0.3, -0.25) is 14.6 Å². The van der Waals surface area contributed by atoms with Crippen LogP contribution < -0.4 is 15.4 Å². The molecule has 0 radical (unpaired) electrons. The Morgan fingerprint density at radius 3 is 2.52 bits per heavy atom. The van der Waals surface area contributed by atoms with Crippen molar-refractivity contribution in [3.05, 3.63) is 107 Å². The molecule has 1 aliphatic carbocycles. The average molecular weight is 620 g/mol. The van der Waals surface area contributed by atoms with E-state index in [2.05, 4.69) is 15.6 Å². The van der Waals surface area contributed by atoms with Crippen LogP contribution in [0.4, 0.5) is 4.39 Å². The number of halogens is 1. The van der Waals surface area contributed by atoms with Crippen LogP contribution in [0.5, 0.6) is 5.75 Å². The minimum absolute atomic E-state index is 0.240. The number of hydrogen-bond acceptors (Lipinski definition) is 6. The maximum atomic E-state index is 14.0. The molecule has 2 amide bonds. The number of amides is 2. The lowest BCUT2D eigenvalue weighted by molar-refractivity contribution is 0.0922. The van der Waals surface area contributed by atoms with Crippen molar-refractivity contribution in [2.45, 2.75) is 31.7 Å². The van der Waals surface area contributed by atoms with Crippen LogP contribution in [-0.4, -0.2) is 43.7 Å². The summed E-state index contributed by atoms with van der Waals surface area (Å²) in [7, 11) is 1.56. The molecule has 46 heavy (non-hydrogen) atoms. The molecule has 7 rings (SSSR count). The monoisotopic (exact) mass is 619 g/mol. The van der Waals surface area contributed by atoms with Crippen molar-refractivity contribution >= 4 is 22.8 Å². The van der Waals surface area contributed by atoms with E-state index < -0.39 is 5.54 Å². The van der Waals surface area contributed by atoms with Crippen molar-refractivity contribution in [3.8, 4) is 28.2 Å². The number of pyridine rings is 1. The van der Waals surface area contributed by atoms with E-state index in [1.54, 1.807) is 25.4 Å². The molecular weight excluding hydrogens is 585 g/mol. The second-order valence-electron chi connectivity index (χ2n) is 12.1. The predicted molar refractivity (Wildman–Crippen MR) is 172 cm³/mol. The predicted octanol–water partition coefficient (Wildman–Crippen LogP) is 6.80. The van der Waals surface area contributed by atoms with E-state index in [9.17, 15) is 14.0 Å². The normalized spacial score (nSPS) is 16.7. The molecule has 3 heterocycles. The van der Waals surface area contributed by atoms with Crippen LogP contribution in [0.15, 0.2) is 83.4 Å². The topological polar surface area (TPSA) is 103 Å². The SMILES string of the molecule is CNC(=O)c1c(-c2ccc(F)cc2)oc2ccc(-c3cc(C(=O)NC4(c5ccccn5)CC4)c(OCC4CCOC4)cc3C)cc12. The summed E-state index contributed by atoms with van der Waals surface area (Å²) >= 11 is 0. The number of carbonyl (C=O) groups excluding carboxylic acids is 2. The summed E-state index contributed by atoms with van der Waals surface area (Å²) in [6.07, 6.45) is 4.27. The first kappa shape index (κ1) is 29.7. The van der Waals surface area contributed by atoms with E-state index in [0.29, 0.717) is 59.0 Å². The van der Waals surface area contributed by atoms with Gasteiger partial charge in [-0.2, -0.15) is 0 Å². The van der Waals surface area contributed by atoms with Gasteiger partial charge in [-0.05, 0) is 104 Å². The quantitative estimate of drug-likeness (QED) is 0.188. The van der Waals surface area contributed by atoms with Crippen molar-refractivity contribution in [2.75, 3.05) is 26.9 Å². The van der Waals surface area contributed by atoms with Gasteiger partial charge in [0, 0.05) is 36.7 Å². The fourth-order valence-electron chi connectivity index (χ4n) is 6.13. The molecule has 0 spiro atoms. The van der Waals surface area contributed by atoms with Gasteiger partial charge in [-0.25, -0.2) is 4.39 Å². The number of aromatic nitrogens is 1. The molecule has 1 aliphatic heterocycles. The zero-order chi connectivity index (χ0) is 31.8. The number of benzene rings is 3. The molecule has 1 saturated carbocycles. The summed E-state index contributed by atoms with van der Waals surface area (Å²) in [6, 6.07) is 21.0. The third kappa shape index (κ3) is 5.63. The first-order valence-electron chi connectivity index (χ1n) is 15.5. The molecule has 2 aliphatic rings. The van der Waals surface area contributed by atoms with Gasteiger partial charge >= 0.3 is 0 Å². The highest BCUT2D eigenvalue weighted by Gasteiger charge is 2.47. The smallest absolute Gasteiger partial charge is 0.255 e. The van der Waals surface area contributed by atoms with Crippen LogP contribution in [0, 0.1) is 18.7 Å². The van der Waals surface area contributed by atoms with E-state index in [1.807, 2.05) is 55.5 Å². The lowest BCUT2D eigenvalue weighted by Gasteiger charge is -2.20. The molecule has 9 heteroatoms. The van der Waals surface area contributed by atoms with Gasteiger partial charge in [0.05, 0.1) is 35.6 Å². The molecule has 2 aromatic heterocycles. The number of aryl methyl sites for hydroxylation is 1. The molecule has 234 valence electrons. The van der Waals surface area contributed by atoms with Gasteiger partial charge in [-0.1, -0.05) is 12.1 Å². The fourth-order valence-corrected chi connectivity index (χ4v) is 6.13. The summed E-state index contributed by atoms with van der Waals surface area (Å²) in [5, 5.41) is 6.56. The van der Waals surface area contributed by atoms with E-state index in [4.69, 9.17) is 13.9 Å². The Morgan fingerprint density at radius 2 is 1.83 bits per heavy atom. The molecule has 1 saturated heterocycles. The Bertz CT molecular complexity index is 1930. The van der Waals surface area contributed by atoms with Crippen molar-refractivity contribution in [2.24, 2.45) is 5.92 Å². The van der Waals surface area contributed by atoms with Gasteiger partial charge in [0.2, 0.25) is 0 Å². The molecule has 3 aromatic carbocycles. The molecule has 1 atom stereocenters. The maximum Gasteiger partial charge on any atom is 0.255 e. The van der Waals surface area contributed by atoms with E-state index >= 15 is 0 Å². The van der Waals surface area contributed by atoms with Crippen LogP contribution >= 0.6 is 0 Å². The Balaban J connectivity index is 1.30. The van der Waals surface area contributed by atoms with Gasteiger partial charge < -0.3 is 24.5 Å². The third-order valence-electron chi connectivity index (χ3n) is 8.89. The fraction of sp³-hybridized carbons (Fsp3) is 0.270. The third-order valence-corrected chi connectivity index (χ3v) is 8.89. The van der Waals surface area contributed by atoms with Crippen molar-refractivity contribution in [3.63, 3.8) is 0 Å². The largest absolute Gasteiger partial charge is 0.492 e. The van der Waals surface area contributed by atoms with E-state index in [1.165, 1.54) is 12.1 Å². The van der Waals surface area contributed by atoms with Gasteiger partial charge in [0.25, 0.3) is 11.8 Å². The second kappa shape index (κ2) is 12.1. The first-order valence-corrected chi connectivity index (χ1v) is 15.5. The van der Waals surface area contributed by atoms with Crippen LogP contribution in [-0.2, 0) is 10.3 Å². The minimum atomic E-state index is -0.505. The van der Waals surface area contributed by atoms with Crippen LogP contribution in [0.25, 0.3) is 33.4 Å². The molecule has 1 unspecified atom stereocenters. The Morgan fingerprint density at radius 1 is 1.02 bits per heavy atom. The second-order valence-corrected chi connectivity index (χ2v) is 12.1.